The predicted octanol–water partition coefficient (Wildman–Crippen LogP) is 6.95. The maximum absolute atomic E-state index is 14.0. The van der Waals surface area contributed by atoms with Crippen LogP contribution in [0.3, 0.4) is 0 Å². The second kappa shape index (κ2) is 11.8. The summed E-state index contributed by atoms with van der Waals surface area (Å²) in [5.41, 5.74) is 6.39. The number of methoxy groups -OCH3 is 1. The molecule has 0 radical (unpaired) electrons. The largest absolute Gasteiger partial charge is 0.421 e. The van der Waals surface area contributed by atoms with Gasteiger partial charge in [-0.15, -0.1) is 21.5 Å². The Morgan fingerprint density at radius 2 is 1.85 bits per heavy atom. The van der Waals surface area contributed by atoms with Crippen LogP contribution in [-0.4, -0.2) is 45.6 Å². The van der Waals surface area contributed by atoms with E-state index in [1.54, 1.807) is 32.2 Å². The number of thiophene rings is 1. The van der Waals surface area contributed by atoms with Crippen LogP contribution < -0.4 is 5.32 Å². The van der Waals surface area contributed by atoms with Gasteiger partial charge in [0.2, 0.25) is 11.8 Å². The summed E-state index contributed by atoms with van der Waals surface area (Å²) in [4.78, 5) is 36.1. The number of rotatable bonds is 8. The minimum absolute atomic E-state index is 0.0693. The van der Waals surface area contributed by atoms with Crippen LogP contribution in [0.4, 0.5) is 4.39 Å². The molecule has 0 bridgehead atoms. The molecule has 0 saturated carbocycles. The van der Waals surface area contributed by atoms with Crippen LogP contribution in [0, 0.1) is 12.7 Å². The molecule has 9 nitrogen and oxygen atoms in total. The van der Waals surface area contributed by atoms with Crippen LogP contribution in [0.5, 0.6) is 0 Å². The molecule has 238 valence electrons. The smallest absolute Gasteiger partial charge is 0.261 e. The van der Waals surface area contributed by atoms with Crippen molar-refractivity contribution in [3.8, 4) is 21.9 Å². The second-order valence-electron chi connectivity index (χ2n) is 12.3. The van der Waals surface area contributed by atoms with E-state index >= 15 is 0 Å². The first kappa shape index (κ1) is 29.6. The highest BCUT2D eigenvalue weighted by Crippen LogP contribution is 2.49. The molecule has 3 atom stereocenters. The Morgan fingerprint density at radius 1 is 1.04 bits per heavy atom. The summed E-state index contributed by atoms with van der Waals surface area (Å²) in [7, 11) is 1.69. The summed E-state index contributed by atoms with van der Waals surface area (Å²) in [6.45, 7) is 2.39. The Bertz CT molecular complexity index is 2020. The van der Waals surface area contributed by atoms with Crippen molar-refractivity contribution in [2.45, 2.75) is 57.2 Å². The van der Waals surface area contributed by atoms with Gasteiger partial charge in [-0.3, -0.25) is 14.6 Å². The molecule has 2 aromatic carbocycles. The number of carbonyl (C=O) groups is 2. The van der Waals surface area contributed by atoms with Gasteiger partial charge >= 0.3 is 0 Å². The molecule has 5 aromatic rings. The molecule has 5 heterocycles. The fourth-order valence-electron chi connectivity index (χ4n) is 7.29. The van der Waals surface area contributed by atoms with Crippen LogP contribution in [0.15, 0.2) is 65.1 Å². The Balaban J connectivity index is 1.21. The van der Waals surface area contributed by atoms with Gasteiger partial charge in [-0.1, -0.05) is 36.4 Å². The normalized spacial score (nSPS) is 19.6. The number of amides is 2. The van der Waals surface area contributed by atoms with E-state index < -0.39 is 0 Å². The van der Waals surface area contributed by atoms with E-state index in [1.165, 1.54) is 23.5 Å². The molecule has 1 fully saturated rings. The minimum Gasteiger partial charge on any atom is -0.421 e. The summed E-state index contributed by atoms with van der Waals surface area (Å²) < 4.78 is 25.3. The van der Waals surface area contributed by atoms with Gasteiger partial charge < -0.3 is 19.4 Å². The van der Waals surface area contributed by atoms with Gasteiger partial charge in [0.1, 0.15) is 5.82 Å². The van der Waals surface area contributed by atoms with Crippen molar-refractivity contribution in [1.29, 1.82) is 0 Å². The topological polar surface area (TPSA) is 110 Å². The average Bonchev–Trinajstić information content (AvgIpc) is 3.92. The molecular formula is C36H32FN5O4S. The van der Waals surface area contributed by atoms with E-state index in [2.05, 4.69) is 15.5 Å². The lowest BCUT2D eigenvalue weighted by Gasteiger charge is -2.16. The highest BCUT2D eigenvalue weighted by atomic mass is 32.1. The molecule has 11 heteroatoms. The number of ether oxygens (including phenoxy) is 1. The van der Waals surface area contributed by atoms with Crippen molar-refractivity contribution >= 4 is 23.2 Å². The standard InChI is InChI=1S/C36H32FN5O4S/c1-19-40-41-35(46-19)30-24(14-11-20-9-12-21(37)13-10-20)38-33-26-8-5-17-42(26)36(44)32(33)31(30)28-15-16-29(47-28)34(43)39-25-18-27(45-2)23-7-4-3-6-22(23)25/h3-4,6-7,9-10,12-13,15-16,25-27H,5,8,11,14,17-18H2,1-2H3,(H,39,43)/t25-,26-,27+/m0/s1. The highest BCUT2D eigenvalue weighted by molar-refractivity contribution is 7.17. The fourth-order valence-corrected chi connectivity index (χ4v) is 8.26. The number of carbonyl (C=O) groups excluding carboxylic acids is 2. The van der Waals surface area contributed by atoms with Crippen molar-refractivity contribution in [2.75, 3.05) is 13.7 Å². The molecule has 3 aromatic heterocycles. The van der Waals surface area contributed by atoms with E-state index in [9.17, 15) is 14.0 Å². The molecule has 8 rings (SSSR count). The third-order valence-electron chi connectivity index (χ3n) is 9.48. The Labute approximate surface area is 274 Å². The number of aromatic nitrogens is 3. The lowest BCUT2D eigenvalue weighted by atomic mass is 9.93. The quantitative estimate of drug-likeness (QED) is 0.194. The Hall–Kier alpha value is -4.74. The van der Waals surface area contributed by atoms with E-state index in [1.807, 2.05) is 35.2 Å². The first-order valence-corrected chi connectivity index (χ1v) is 16.7. The molecule has 1 saturated heterocycles. The van der Waals surface area contributed by atoms with Crippen LogP contribution in [0.2, 0.25) is 0 Å². The third kappa shape index (κ3) is 5.14. The van der Waals surface area contributed by atoms with Crippen molar-refractivity contribution < 1.29 is 23.1 Å². The number of halogens is 1. The average molecular weight is 650 g/mol. The molecule has 1 N–H and O–H groups in total. The molecule has 3 aliphatic rings. The van der Waals surface area contributed by atoms with Crippen molar-refractivity contribution in [1.82, 2.24) is 25.4 Å². The van der Waals surface area contributed by atoms with Gasteiger partial charge in [-0.2, -0.15) is 0 Å². The lowest BCUT2D eigenvalue weighted by Crippen LogP contribution is -2.26. The molecule has 1 aliphatic carbocycles. The first-order chi connectivity index (χ1) is 22.9. The third-order valence-corrected chi connectivity index (χ3v) is 10.6. The maximum atomic E-state index is 14.0. The summed E-state index contributed by atoms with van der Waals surface area (Å²) in [5, 5.41) is 11.7. The van der Waals surface area contributed by atoms with Crippen molar-refractivity contribution in [2.24, 2.45) is 0 Å². The summed E-state index contributed by atoms with van der Waals surface area (Å²) in [6, 6.07) is 17.9. The summed E-state index contributed by atoms with van der Waals surface area (Å²) in [5.74, 6) is 0.110. The summed E-state index contributed by atoms with van der Waals surface area (Å²) >= 11 is 1.33. The fraction of sp³-hybridized carbons (Fsp3) is 0.306. The number of benzene rings is 2. The monoisotopic (exact) mass is 649 g/mol. The zero-order valence-corrected chi connectivity index (χ0v) is 26.8. The number of pyridine rings is 1. The maximum Gasteiger partial charge on any atom is 0.261 e. The van der Waals surface area contributed by atoms with E-state index in [4.69, 9.17) is 14.1 Å². The molecule has 0 spiro atoms. The number of nitrogens with one attached hydrogen (secondary N) is 1. The second-order valence-corrected chi connectivity index (χ2v) is 13.3. The molecule has 0 unspecified atom stereocenters. The van der Waals surface area contributed by atoms with Gasteiger partial charge in [-0.25, -0.2) is 4.39 Å². The SMILES string of the molecule is CO[C@@H]1C[C@H](NC(=O)c2ccc(-c3c4c(nc(CCc5ccc(F)cc5)c3-c3nnc(C)o3)[C@@H]3CCCN3C4=O)s2)c2ccccc21. The molecule has 2 amide bonds. The number of hydrogen-bond acceptors (Lipinski definition) is 8. The van der Waals surface area contributed by atoms with Gasteiger partial charge in [0.25, 0.3) is 11.8 Å². The van der Waals surface area contributed by atoms with Crippen LogP contribution in [-0.2, 0) is 17.6 Å². The van der Waals surface area contributed by atoms with Crippen molar-refractivity contribution in [3.63, 3.8) is 0 Å². The van der Waals surface area contributed by atoms with Gasteiger partial charge in [0, 0.05) is 37.4 Å². The van der Waals surface area contributed by atoms with Crippen LogP contribution in [0.25, 0.3) is 21.9 Å². The van der Waals surface area contributed by atoms with Crippen LogP contribution in [0.1, 0.15) is 91.4 Å². The predicted molar refractivity (Wildman–Crippen MR) is 173 cm³/mol. The lowest BCUT2D eigenvalue weighted by molar-refractivity contribution is 0.0775. The highest BCUT2D eigenvalue weighted by Gasteiger charge is 2.45. The van der Waals surface area contributed by atoms with E-state index in [-0.39, 0.29) is 41.7 Å². The first-order valence-electron chi connectivity index (χ1n) is 15.8. The number of fused-ring (bicyclic) bond motifs is 4. The Morgan fingerprint density at radius 3 is 2.62 bits per heavy atom. The number of aryl methyl sites for hydroxylation is 3. The minimum atomic E-state index is -0.290. The summed E-state index contributed by atoms with van der Waals surface area (Å²) in [6.07, 6.45) is 3.43. The zero-order valence-electron chi connectivity index (χ0n) is 26.0. The van der Waals surface area contributed by atoms with E-state index in [0.29, 0.717) is 53.3 Å². The van der Waals surface area contributed by atoms with E-state index in [0.717, 1.165) is 45.8 Å². The molecule has 2 aliphatic heterocycles. The van der Waals surface area contributed by atoms with Crippen LogP contribution >= 0.6 is 11.3 Å². The Kier molecular flexibility index (Phi) is 7.45. The molecule has 47 heavy (non-hydrogen) atoms. The number of nitrogens with zero attached hydrogens (tertiary/aromatic N) is 4. The van der Waals surface area contributed by atoms with Gasteiger partial charge in [-0.05, 0) is 66.6 Å². The zero-order chi connectivity index (χ0) is 32.2. The molecular weight excluding hydrogens is 617 g/mol. The van der Waals surface area contributed by atoms with Crippen molar-refractivity contribution in [3.05, 3.63) is 111 Å². The number of hydrogen-bond donors (Lipinski definition) is 1. The van der Waals surface area contributed by atoms with Gasteiger partial charge in [0.05, 0.1) is 45.6 Å². The van der Waals surface area contributed by atoms with Gasteiger partial charge in [0.15, 0.2) is 0 Å².